The summed E-state index contributed by atoms with van der Waals surface area (Å²) in [4.78, 5) is 26.4. The van der Waals surface area contributed by atoms with Gasteiger partial charge in [0.1, 0.15) is 5.82 Å². The van der Waals surface area contributed by atoms with Crippen LogP contribution in [-0.4, -0.2) is 57.6 Å². The van der Waals surface area contributed by atoms with Crippen molar-refractivity contribution in [2.45, 2.75) is 24.8 Å². The van der Waals surface area contributed by atoms with Crippen LogP contribution in [0.15, 0.2) is 47.4 Å². The number of nitrogens with zero attached hydrogens (tertiary/aromatic N) is 1. The van der Waals surface area contributed by atoms with Crippen molar-refractivity contribution in [2.75, 3.05) is 31.0 Å². The Morgan fingerprint density at radius 2 is 1.84 bits per heavy atom. The maximum absolute atomic E-state index is 13.8. The molecule has 10 heteroatoms. The number of anilines is 1. The number of hydrogen-bond donors (Lipinski definition) is 1. The number of hydrogen-bond acceptors (Lipinski definition) is 6. The van der Waals surface area contributed by atoms with Crippen LogP contribution in [0.1, 0.15) is 22.8 Å². The smallest absolute Gasteiger partial charge is 0.339 e. The van der Waals surface area contributed by atoms with Crippen LogP contribution in [0, 0.1) is 12.7 Å². The minimum Gasteiger partial charge on any atom is -0.449 e. The van der Waals surface area contributed by atoms with Crippen LogP contribution < -0.4 is 4.72 Å². The lowest BCUT2D eigenvalue weighted by Gasteiger charge is -2.29. The Morgan fingerprint density at radius 3 is 2.52 bits per heavy atom. The average Bonchev–Trinajstić information content (AvgIpc) is 2.75. The molecule has 1 atom stereocenters. The molecule has 0 aromatic heterocycles. The number of carbonyl (C=O) groups is 2. The average molecular weight is 450 g/mol. The fourth-order valence-corrected chi connectivity index (χ4v) is 4.14. The van der Waals surface area contributed by atoms with E-state index in [-0.39, 0.29) is 22.1 Å². The number of benzene rings is 2. The van der Waals surface area contributed by atoms with E-state index in [1.165, 1.54) is 37.3 Å². The minimum absolute atomic E-state index is 0.00182. The zero-order valence-corrected chi connectivity index (χ0v) is 17.9. The lowest BCUT2D eigenvalue weighted by molar-refractivity contribution is -0.143. The second-order valence-electron chi connectivity index (χ2n) is 7.05. The van der Waals surface area contributed by atoms with Crippen LogP contribution in [0.25, 0.3) is 0 Å². The third-order valence-corrected chi connectivity index (χ3v) is 6.17. The van der Waals surface area contributed by atoms with Gasteiger partial charge in [0.25, 0.3) is 15.9 Å². The van der Waals surface area contributed by atoms with Crippen molar-refractivity contribution in [1.82, 2.24) is 4.90 Å². The molecule has 1 fully saturated rings. The molecule has 166 valence electrons. The summed E-state index contributed by atoms with van der Waals surface area (Å²) in [7, 11) is -4.16. The molecule has 1 saturated heterocycles. The molecule has 0 saturated carbocycles. The van der Waals surface area contributed by atoms with E-state index in [2.05, 4.69) is 4.72 Å². The van der Waals surface area contributed by atoms with Gasteiger partial charge in [-0.1, -0.05) is 18.2 Å². The standard InChI is InChI=1S/C21H23FN2O6S/c1-14-7-8-16(31(27,28)23-19-6-4-3-5-18(19)22)13-17(14)21(26)30-15(2)20(25)24-9-11-29-12-10-24/h3-8,13,15,23H,9-12H2,1-2H3/t15-/m0/s1. The summed E-state index contributed by atoms with van der Waals surface area (Å²) in [6, 6.07) is 9.24. The molecule has 1 heterocycles. The number of amides is 1. The fourth-order valence-electron chi connectivity index (χ4n) is 3.05. The van der Waals surface area contributed by atoms with Gasteiger partial charge in [-0.3, -0.25) is 9.52 Å². The minimum atomic E-state index is -4.16. The first kappa shape index (κ1) is 22.7. The molecule has 1 aliphatic heterocycles. The van der Waals surface area contributed by atoms with E-state index in [0.717, 1.165) is 12.1 Å². The number of halogens is 1. The Kier molecular flexibility index (Phi) is 6.91. The molecular formula is C21H23FN2O6S. The highest BCUT2D eigenvalue weighted by atomic mass is 32.2. The Hall–Kier alpha value is -2.98. The van der Waals surface area contributed by atoms with Gasteiger partial charge in [-0.15, -0.1) is 0 Å². The van der Waals surface area contributed by atoms with Crippen LogP contribution in [-0.2, 0) is 24.3 Å². The summed E-state index contributed by atoms with van der Waals surface area (Å²) < 4.78 is 51.8. The van der Waals surface area contributed by atoms with Gasteiger partial charge in [0, 0.05) is 13.1 Å². The second-order valence-corrected chi connectivity index (χ2v) is 8.73. The van der Waals surface area contributed by atoms with Gasteiger partial charge in [0.05, 0.1) is 29.4 Å². The van der Waals surface area contributed by atoms with E-state index in [0.29, 0.717) is 31.9 Å². The number of nitrogens with one attached hydrogen (secondary N) is 1. The molecule has 8 nitrogen and oxygen atoms in total. The SMILES string of the molecule is Cc1ccc(S(=O)(=O)Nc2ccccc2F)cc1C(=O)O[C@@H](C)C(=O)N1CCOCC1. The van der Waals surface area contributed by atoms with E-state index in [1.807, 2.05) is 0 Å². The quantitative estimate of drug-likeness (QED) is 0.678. The molecule has 2 aromatic rings. The molecule has 0 aliphatic carbocycles. The topological polar surface area (TPSA) is 102 Å². The molecule has 0 bridgehead atoms. The van der Waals surface area contributed by atoms with Crippen molar-refractivity contribution in [1.29, 1.82) is 0 Å². The molecule has 31 heavy (non-hydrogen) atoms. The first-order chi connectivity index (χ1) is 14.7. The monoisotopic (exact) mass is 450 g/mol. The zero-order valence-electron chi connectivity index (χ0n) is 17.1. The van der Waals surface area contributed by atoms with Crippen molar-refractivity contribution in [3.05, 3.63) is 59.4 Å². The second kappa shape index (κ2) is 9.44. The largest absolute Gasteiger partial charge is 0.449 e. The molecule has 1 aliphatic rings. The van der Waals surface area contributed by atoms with Crippen molar-refractivity contribution in [3.8, 4) is 0 Å². The Labute approximate surface area is 180 Å². The maximum atomic E-state index is 13.8. The first-order valence-electron chi connectivity index (χ1n) is 9.64. The highest BCUT2D eigenvalue weighted by Gasteiger charge is 2.27. The van der Waals surface area contributed by atoms with E-state index < -0.39 is 27.9 Å². The lowest BCUT2D eigenvalue weighted by Crippen LogP contribution is -2.46. The van der Waals surface area contributed by atoms with E-state index >= 15 is 0 Å². The highest BCUT2D eigenvalue weighted by molar-refractivity contribution is 7.92. The summed E-state index contributed by atoms with van der Waals surface area (Å²) in [6.07, 6.45) is -1.04. The normalized spacial score (nSPS) is 15.3. The molecule has 3 rings (SSSR count). The number of carbonyl (C=O) groups excluding carboxylic acids is 2. The zero-order chi connectivity index (χ0) is 22.6. The number of ether oxygens (including phenoxy) is 2. The van der Waals surface area contributed by atoms with Gasteiger partial charge in [-0.2, -0.15) is 0 Å². The summed E-state index contributed by atoms with van der Waals surface area (Å²) in [6.45, 7) is 4.74. The highest BCUT2D eigenvalue weighted by Crippen LogP contribution is 2.22. The van der Waals surface area contributed by atoms with Gasteiger partial charge in [0.15, 0.2) is 6.10 Å². The fraction of sp³-hybridized carbons (Fsp3) is 0.333. The number of sulfonamides is 1. The van der Waals surface area contributed by atoms with Gasteiger partial charge in [-0.05, 0) is 43.7 Å². The van der Waals surface area contributed by atoms with Crippen molar-refractivity contribution in [2.24, 2.45) is 0 Å². The van der Waals surface area contributed by atoms with Crippen LogP contribution in [0.5, 0.6) is 0 Å². The summed E-state index contributed by atoms with van der Waals surface area (Å²) in [5.74, 6) is -1.90. The first-order valence-corrected chi connectivity index (χ1v) is 11.1. The third-order valence-electron chi connectivity index (χ3n) is 4.81. The lowest BCUT2D eigenvalue weighted by atomic mass is 10.1. The number of aryl methyl sites for hydroxylation is 1. The van der Waals surface area contributed by atoms with E-state index in [9.17, 15) is 22.4 Å². The van der Waals surface area contributed by atoms with Gasteiger partial charge in [0.2, 0.25) is 0 Å². The van der Waals surface area contributed by atoms with E-state index in [4.69, 9.17) is 9.47 Å². The molecule has 2 aromatic carbocycles. The number of rotatable bonds is 6. The Morgan fingerprint density at radius 1 is 1.16 bits per heavy atom. The van der Waals surface area contributed by atoms with Gasteiger partial charge >= 0.3 is 5.97 Å². The molecule has 0 spiro atoms. The van der Waals surface area contributed by atoms with Crippen LogP contribution in [0.2, 0.25) is 0 Å². The van der Waals surface area contributed by atoms with Crippen molar-refractivity contribution >= 4 is 27.6 Å². The van der Waals surface area contributed by atoms with Crippen LogP contribution >= 0.6 is 0 Å². The molecular weight excluding hydrogens is 427 g/mol. The Bertz CT molecular complexity index is 1080. The maximum Gasteiger partial charge on any atom is 0.339 e. The van der Waals surface area contributed by atoms with Gasteiger partial charge < -0.3 is 14.4 Å². The number of esters is 1. The molecule has 1 N–H and O–H groups in total. The molecule has 0 radical (unpaired) electrons. The number of morpholine rings is 1. The van der Waals surface area contributed by atoms with Gasteiger partial charge in [-0.25, -0.2) is 17.6 Å². The van der Waals surface area contributed by atoms with Crippen molar-refractivity contribution in [3.63, 3.8) is 0 Å². The number of para-hydroxylation sites is 1. The Balaban J connectivity index is 1.77. The van der Waals surface area contributed by atoms with Crippen molar-refractivity contribution < 1.29 is 31.9 Å². The summed E-state index contributed by atoms with van der Waals surface area (Å²) >= 11 is 0. The predicted molar refractivity (Wildman–Crippen MR) is 111 cm³/mol. The molecule has 1 amide bonds. The summed E-state index contributed by atoms with van der Waals surface area (Å²) in [5.41, 5.74) is 0.260. The molecule has 0 unspecified atom stereocenters. The van der Waals surface area contributed by atoms with Crippen LogP contribution in [0.4, 0.5) is 10.1 Å². The predicted octanol–water partition coefficient (Wildman–Crippen LogP) is 2.34. The third kappa shape index (κ3) is 5.39. The van der Waals surface area contributed by atoms with Crippen LogP contribution in [0.3, 0.4) is 0 Å². The van der Waals surface area contributed by atoms with E-state index in [1.54, 1.807) is 11.8 Å². The summed E-state index contributed by atoms with van der Waals surface area (Å²) in [5, 5.41) is 0.